The summed E-state index contributed by atoms with van der Waals surface area (Å²) in [4.78, 5) is 15.6. The van der Waals surface area contributed by atoms with Crippen molar-refractivity contribution in [3.8, 4) is 0 Å². The molecule has 2 aliphatic rings. The highest BCUT2D eigenvalue weighted by Gasteiger charge is 2.49. The van der Waals surface area contributed by atoms with Crippen molar-refractivity contribution < 1.29 is 14.3 Å². The molecule has 1 amide bonds. The van der Waals surface area contributed by atoms with Crippen LogP contribution in [0, 0.1) is 0 Å². The Morgan fingerprint density at radius 1 is 1.40 bits per heavy atom. The molecule has 0 saturated carbocycles. The first-order chi connectivity index (χ1) is 9.44. The Kier molecular flexibility index (Phi) is 4.91. The van der Waals surface area contributed by atoms with Gasteiger partial charge in [-0.2, -0.15) is 0 Å². The molecular weight excluding hydrogens is 256 g/mol. The van der Waals surface area contributed by atoms with E-state index in [4.69, 9.17) is 9.47 Å². The molecule has 2 aliphatic heterocycles. The summed E-state index contributed by atoms with van der Waals surface area (Å²) in [7, 11) is 3.43. The molecule has 0 aromatic heterocycles. The number of rotatable bonds is 5. The van der Waals surface area contributed by atoms with E-state index in [1.165, 1.54) is 17.7 Å². The van der Waals surface area contributed by atoms with Gasteiger partial charge in [0, 0.05) is 25.7 Å². The molecule has 20 heavy (non-hydrogen) atoms. The van der Waals surface area contributed by atoms with Gasteiger partial charge < -0.3 is 14.4 Å². The van der Waals surface area contributed by atoms with Gasteiger partial charge in [-0.15, -0.1) is 0 Å². The Morgan fingerprint density at radius 3 is 2.80 bits per heavy atom. The molecule has 5 heteroatoms. The van der Waals surface area contributed by atoms with Crippen molar-refractivity contribution in [1.82, 2.24) is 9.80 Å². The maximum absolute atomic E-state index is 11.5. The fourth-order valence-corrected chi connectivity index (χ4v) is 3.41. The second-order valence-corrected chi connectivity index (χ2v) is 6.54. The Bertz CT molecular complexity index is 346. The lowest BCUT2D eigenvalue weighted by Gasteiger charge is -2.35. The van der Waals surface area contributed by atoms with Crippen LogP contribution in [-0.4, -0.2) is 67.4 Å². The van der Waals surface area contributed by atoms with Gasteiger partial charge in [-0.05, 0) is 46.1 Å². The number of hydrogen-bond donors (Lipinski definition) is 0. The minimum atomic E-state index is -0.250. The number of carbonyl (C=O) groups excluding carboxylic acids is 1. The van der Waals surface area contributed by atoms with Gasteiger partial charge >= 0.3 is 6.09 Å². The topological polar surface area (TPSA) is 42.0 Å². The van der Waals surface area contributed by atoms with Gasteiger partial charge in [-0.25, -0.2) is 4.79 Å². The van der Waals surface area contributed by atoms with Crippen molar-refractivity contribution in [2.75, 3.05) is 33.9 Å². The smallest absolute Gasteiger partial charge is 0.409 e. The van der Waals surface area contributed by atoms with Crippen molar-refractivity contribution in [3.05, 3.63) is 0 Å². The average Bonchev–Trinajstić information content (AvgIpc) is 2.92. The predicted octanol–water partition coefficient (Wildman–Crippen LogP) is 2.11. The molecule has 0 radical (unpaired) electrons. The number of fused-ring (bicyclic) bond motifs is 1. The van der Waals surface area contributed by atoms with E-state index in [-0.39, 0.29) is 17.7 Å². The highest BCUT2D eigenvalue weighted by Crippen LogP contribution is 2.42. The van der Waals surface area contributed by atoms with Crippen molar-refractivity contribution in [2.24, 2.45) is 0 Å². The Morgan fingerprint density at radius 2 is 2.15 bits per heavy atom. The zero-order valence-electron chi connectivity index (χ0n) is 13.2. The Labute approximate surface area is 122 Å². The largest absolute Gasteiger partial charge is 0.448 e. The lowest BCUT2D eigenvalue weighted by molar-refractivity contribution is -0.0121. The SMILES string of the molecule is CC(C)OC[C@]12CCCN1[C@@H](COC(=O)N(C)C)CC2. The van der Waals surface area contributed by atoms with Gasteiger partial charge in [0.1, 0.15) is 6.61 Å². The van der Waals surface area contributed by atoms with E-state index in [0.717, 1.165) is 26.0 Å². The van der Waals surface area contributed by atoms with E-state index >= 15 is 0 Å². The van der Waals surface area contributed by atoms with Gasteiger partial charge in [-0.3, -0.25) is 4.90 Å². The van der Waals surface area contributed by atoms with Crippen molar-refractivity contribution in [3.63, 3.8) is 0 Å². The van der Waals surface area contributed by atoms with Crippen LogP contribution < -0.4 is 0 Å². The maximum Gasteiger partial charge on any atom is 0.409 e. The fraction of sp³-hybridized carbons (Fsp3) is 0.933. The number of amides is 1. The molecule has 2 heterocycles. The molecule has 0 spiro atoms. The fourth-order valence-electron chi connectivity index (χ4n) is 3.41. The predicted molar refractivity (Wildman–Crippen MR) is 77.8 cm³/mol. The first-order valence-corrected chi connectivity index (χ1v) is 7.67. The van der Waals surface area contributed by atoms with Crippen LogP contribution in [0.25, 0.3) is 0 Å². The molecule has 2 rings (SSSR count). The number of nitrogens with zero attached hydrogens (tertiary/aromatic N) is 2. The van der Waals surface area contributed by atoms with Crippen molar-refractivity contribution in [1.29, 1.82) is 0 Å². The van der Waals surface area contributed by atoms with Crippen LogP contribution in [0.4, 0.5) is 4.79 Å². The van der Waals surface area contributed by atoms with Crippen LogP contribution in [0.15, 0.2) is 0 Å². The van der Waals surface area contributed by atoms with E-state index in [1.807, 2.05) is 0 Å². The summed E-state index contributed by atoms with van der Waals surface area (Å²) in [5.74, 6) is 0. The summed E-state index contributed by atoms with van der Waals surface area (Å²) in [5, 5.41) is 0. The molecule has 2 atom stereocenters. The quantitative estimate of drug-likeness (QED) is 0.775. The van der Waals surface area contributed by atoms with Gasteiger partial charge in [-0.1, -0.05) is 0 Å². The van der Waals surface area contributed by atoms with Crippen molar-refractivity contribution >= 4 is 6.09 Å². The van der Waals surface area contributed by atoms with Gasteiger partial charge in [0.2, 0.25) is 0 Å². The molecule has 0 aromatic rings. The lowest BCUT2D eigenvalue weighted by atomic mass is 9.95. The van der Waals surface area contributed by atoms with Crippen LogP contribution in [0.3, 0.4) is 0 Å². The van der Waals surface area contributed by atoms with E-state index < -0.39 is 0 Å². The normalized spacial score (nSPS) is 29.8. The first kappa shape index (κ1) is 15.6. The van der Waals surface area contributed by atoms with Crippen LogP contribution in [-0.2, 0) is 9.47 Å². The standard InChI is InChI=1S/C15H28N2O3/c1-12(2)20-11-15-7-5-9-17(15)13(6-8-15)10-19-14(18)16(3)4/h12-13H,5-11H2,1-4H3/t13-,15-/m1/s1. The molecule has 0 aromatic carbocycles. The average molecular weight is 284 g/mol. The summed E-state index contributed by atoms with van der Waals surface area (Å²) in [5.41, 5.74) is 0.194. The summed E-state index contributed by atoms with van der Waals surface area (Å²) in [6.45, 7) is 6.58. The highest BCUT2D eigenvalue weighted by atomic mass is 16.6. The van der Waals surface area contributed by atoms with Crippen LogP contribution in [0.1, 0.15) is 39.5 Å². The molecule has 0 unspecified atom stereocenters. The minimum Gasteiger partial charge on any atom is -0.448 e. The van der Waals surface area contributed by atoms with Gasteiger partial charge in [0.15, 0.2) is 0 Å². The maximum atomic E-state index is 11.5. The second kappa shape index (κ2) is 6.31. The third kappa shape index (κ3) is 3.26. The lowest BCUT2D eigenvalue weighted by Crippen LogP contribution is -2.47. The summed E-state index contributed by atoms with van der Waals surface area (Å²) >= 11 is 0. The van der Waals surface area contributed by atoms with Crippen molar-refractivity contribution in [2.45, 2.75) is 57.2 Å². The summed E-state index contributed by atoms with van der Waals surface area (Å²) in [6.07, 6.45) is 4.71. The van der Waals surface area contributed by atoms with E-state index in [0.29, 0.717) is 12.6 Å². The van der Waals surface area contributed by atoms with Crippen LogP contribution in [0.5, 0.6) is 0 Å². The highest BCUT2D eigenvalue weighted by molar-refractivity contribution is 5.66. The zero-order chi connectivity index (χ0) is 14.8. The van der Waals surface area contributed by atoms with Crippen LogP contribution in [0.2, 0.25) is 0 Å². The zero-order valence-corrected chi connectivity index (χ0v) is 13.2. The Balaban J connectivity index is 1.90. The van der Waals surface area contributed by atoms with Gasteiger partial charge in [0.25, 0.3) is 0 Å². The molecule has 5 nitrogen and oxygen atoms in total. The summed E-state index contributed by atoms with van der Waals surface area (Å²) < 4.78 is 11.3. The Hall–Kier alpha value is -0.810. The number of ether oxygens (including phenoxy) is 2. The monoisotopic (exact) mass is 284 g/mol. The third-order valence-corrected chi connectivity index (χ3v) is 4.48. The van der Waals surface area contributed by atoms with E-state index in [9.17, 15) is 4.79 Å². The molecule has 0 aliphatic carbocycles. The molecule has 116 valence electrons. The molecule has 0 bridgehead atoms. The van der Waals surface area contributed by atoms with Crippen LogP contribution >= 0.6 is 0 Å². The van der Waals surface area contributed by atoms with E-state index in [2.05, 4.69) is 18.7 Å². The minimum absolute atomic E-state index is 0.194. The molecular formula is C15H28N2O3. The molecule has 2 fully saturated rings. The first-order valence-electron chi connectivity index (χ1n) is 7.67. The van der Waals surface area contributed by atoms with E-state index in [1.54, 1.807) is 14.1 Å². The summed E-state index contributed by atoms with van der Waals surface area (Å²) in [6, 6.07) is 0.358. The second-order valence-electron chi connectivity index (χ2n) is 6.54. The van der Waals surface area contributed by atoms with Gasteiger partial charge in [0.05, 0.1) is 12.7 Å². The third-order valence-electron chi connectivity index (χ3n) is 4.48. The molecule has 2 saturated heterocycles. The molecule has 0 N–H and O–H groups in total. The number of carbonyl (C=O) groups is 1. The number of hydrogen-bond acceptors (Lipinski definition) is 4.